The molecule has 0 radical (unpaired) electrons. The van der Waals surface area contributed by atoms with Gasteiger partial charge in [0.2, 0.25) is 5.12 Å². The Labute approximate surface area is 131 Å². The number of halogens is 3. The van der Waals surface area contributed by atoms with Crippen molar-refractivity contribution in [1.82, 2.24) is 8.84 Å². The molecule has 5 nitrogen and oxygen atoms in total. The molecule has 1 aliphatic rings. The molecule has 0 spiro atoms. The molecule has 1 aromatic rings. The van der Waals surface area contributed by atoms with Crippen LogP contribution in [0.4, 0.5) is 15.3 Å². The van der Waals surface area contributed by atoms with E-state index in [-0.39, 0.29) is 0 Å². The van der Waals surface area contributed by atoms with Crippen LogP contribution in [0.25, 0.3) is 6.08 Å². The fourth-order valence-electron chi connectivity index (χ4n) is 1.79. The number of urea groups is 2. The van der Waals surface area contributed by atoms with Crippen molar-refractivity contribution >= 4 is 59.0 Å². The van der Waals surface area contributed by atoms with Gasteiger partial charge in [0.1, 0.15) is 0 Å². The van der Waals surface area contributed by atoms with Gasteiger partial charge in [-0.3, -0.25) is 4.90 Å². The maximum atomic E-state index is 12.2. The highest BCUT2D eigenvalue weighted by Gasteiger charge is 2.51. The van der Waals surface area contributed by atoms with E-state index in [0.717, 1.165) is 10.5 Å². The third-order valence-electron chi connectivity index (χ3n) is 2.85. The Hall–Kier alpha value is -1.43. The Morgan fingerprint density at radius 3 is 2.20 bits per heavy atom. The van der Waals surface area contributed by atoms with Crippen LogP contribution >= 0.6 is 35.2 Å². The molecule has 1 fully saturated rings. The molecule has 20 heavy (non-hydrogen) atoms. The molecule has 1 heterocycles. The van der Waals surface area contributed by atoms with Gasteiger partial charge < -0.3 is 0 Å². The minimum Gasteiger partial charge on any atom is -0.254 e. The fraction of sp³-hybridized carbons (Fsp3) is 0.167. The van der Waals surface area contributed by atoms with E-state index in [0.29, 0.717) is 14.5 Å². The van der Waals surface area contributed by atoms with Crippen LogP contribution < -0.4 is 4.90 Å². The van der Waals surface area contributed by atoms with Gasteiger partial charge in [-0.25, -0.2) is 9.59 Å². The number of imide groups is 1. The maximum absolute atomic E-state index is 12.2. The van der Waals surface area contributed by atoms with E-state index in [1.807, 2.05) is 0 Å². The van der Waals surface area contributed by atoms with Crippen molar-refractivity contribution in [3.05, 3.63) is 36.4 Å². The van der Waals surface area contributed by atoms with Gasteiger partial charge in [-0.05, 0) is 24.6 Å². The first kappa shape index (κ1) is 15.0. The van der Waals surface area contributed by atoms with Crippen LogP contribution in [0.15, 0.2) is 30.8 Å². The number of nitrogens with zero attached hydrogens (tertiary/aromatic N) is 3. The minimum atomic E-state index is -1.57. The van der Waals surface area contributed by atoms with Gasteiger partial charge in [0.15, 0.2) is 0 Å². The van der Waals surface area contributed by atoms with Gasteiger partial charge >= 0.3 is 12.1 Å². The quantitative estimate of drug-likeness (QED) is 0.462. The first-order valence-corrected chi connectivity index (χ1v) is 6.57. The molecule has 1 atom stereocenters. The molecule has 2 rings (SSSR count). The Balaban J connectivity index is 2.48. The topological polar surface area (TPSA) is 43.9 Å². The van der Waals surface area contributed by atoms with Crippen LogP contribution in [0.2, 0.25) is 0 Å². The number of rotatable bonds is 2. The molecule has 0 aromatic heterocycles. The summed E-state index contributed by atoms with van der Waals surface area (Å²) in [4.78, 5) is 24.9. The van der Waals surface area contributed by atoms with E-state index in [2.05, 4.69) is 6.58 Å². The van der Waals surface area contributed by atoms with Crippen LogP contribution in [0.5, 0.6) is 0 Å². The highest BCUT2D eigenvalue weighted by Crippen LogP contribution is 2.38. The summed E-state index contributed by atoms with van der Waals surface area (Å²) in [6.45, 7) is 5.06. The second-order valence-electron chi connectivity index (χ2n) is 4.16. The molecular formula is C12H10Cl3N3O2. The largest absolute Gasteiger partial charge is 0.360 e. The summed E-state index contributed by atoms with van der Waals surface area (Å²) in [5.41, 5.74) is 1.32. The summed E-state index contributed by atoms with van der Waals surface area (Å²) in [7, 11) is 0. The summed E-state index contributed by atoms with van der Waals surface area (Å²) in [6, 6.07) is 5.11. The lowest BCUT2D eigenvalue weighted by atomic mass is 10.2. The predicted octanol–water partition coefficient (Wildman–Crippen LogP) is 4.21. The third-order valence-corrected chi connectivity index (χ3v) is 4.04. The normalized spacial score (nSPS) is 23.3. The zero-order valence-electron chi connectivity index (χ0n) is 10.4. The number of alkyl halides is 1. The third kappa shape index (κ3) is 2.22. The lowest BCUT2D eigenvalue weighted by Gasteiger charge is -2.45. The lowest BCUT2D eigenvalue weighted by Crippen LogP contribution is -2.65. The number of carbonyl (C=O) groups excluding carboxylic acids is 2. The second-order valence-corrected chi connectivity index (χ2v) is 5.56. The van der Waals surface area contributed by atoms with Crippen molar-refractivity contribution < 1.29 is 9.59 Å². The van der Waals surface area contributed by atoms with Crippen molar-refractivity contribution in [2.24, 2.45) is 0 Å². The monoisotopic (exact) mass is 333 g/mol. The standard InChI is InChI=1S/C12H10Cl3N3O2/c1-3-8-4-6-9(7-5-8)16-10(19)17(14)11(20)18(15)12(16,2)13/h3-7H,1H2,2H3. The van der Waals surface area contributed by atoms with Gasteiger partial charge in [0.05, 0.1) is 0 Å². The van der Waals surface area contributed by atoms with E-state index in [1.54, 1.807) is 30.3 Å². The summed E-state index contributed by atoms with van der Waals surface area (Å²) in [6.07, 6.45) is 1.66. The van der Waals surface area contributed by atoms with Gasteiger partial charge in [-0.15, -0.1) is 4.42 Å². The van der Waals surface area contributed by atoms with Crippen molar-refractivity contribution in [2.45, 2.75) is 12.0 Å². The van der Waals surface area contributed by atoms with E-state index < -0.39 is 17.2 Å². The first-order valence-electron chi connectivity index (χ1n) is 5.52. The highest BCUT2D eigenvalue weighted by atomic mass is 35.5. The molecule has 0 aliphatic carbocycles. The molecule has 1 aliphatic heterocycles. The van der Waals surface area contributed by atoms with Crippen LogP contribution in [0, 0.1) is 0 Å². The van der Waals surface area contributed by atoms with Crippen LogP contribution in [-0.4, -0.2) is 26.0 Å². The molecule has 0 bridgehead atoms. The zero-order chi connectivity index (χ0) is 15.1. The van der Waals surface area contributed by atoms with E-state index in [1.165, 1.54) is 6.92 Å². The number of anilines is 1. The maximum Gasteiger partial charge on any atom is 0.360 e. The summed E-state index contributed by atoms with van der Waals surface area (Å²) < 4.78 is 1.03. The van der Waals surface area contributed by atoms with Gasteiger partial charge in [0, 0.05) is 29.2 Å². The number of amides is 4. The van der Waals surface area contributed by atoms with Crippen molar-refractivity contribution in [2.75, 3.05) is 4.90 Å². The number of benzene rings is 1. The fourth-order valence-corrected chi connectivity index (χ4v) is 2.37. The molecule has 0 saturated carbocycles. The second kappa shape index (κ2) is 5.16. The summed E-state index contributed by atoms with van der Waals surface area (Å²) in [5, 5.41) is -1.57. The van der Waals surface area contributed by atoms with Gasteiger partial charge in [-0.2, -0.15) is 4.42 Å². The Morgan fingerprint density at radius 1 is 1.15 bits per heavy atom. The van der Waals surface area contributed by atoms with Crippen LogP contribution in [-0.2, 0) is 0 Å². The molecule has 8 heteroatoms. The molecule has 0 N–H and O–H groups in total. The highest BCUT2D eigenvalue weighted by molar-refractivity contribution is 6.42. The SMILES string of the molecule is C=Cc1ccc(N2C(=O)N(Cl)C(=O)N(Cl)C2(C)Cl)cc1. The molecule has 1 saturated heterocycles. The molecular weight excluding hydrogens is 325 g/mol. The van der Waals surface area contributed by atoms with Crippen molar-refractivity contribution in [1.29, 1.82) is 0 Å². The number of carbonyl (C=O) groups is 2. The smallest absolute Gasteiger partial charge is 0.254 e. The Bertz CT molecular complexity index is 574. The Kier molecular flexibility index (Phi) is 3.86. The van der Waals surface area contributed by atoms with E-state index in [9.17, 15) is 9.59 Å². The van der Waals surface area contributed by atoms with Crippen molar-refractivity contribution in [3.8, 4) is 0 Å². The van der Waals surface area contributed by atoms with Gasteiger partial charge in [0.25, 0.3) is 0 Å². The van der Waals surface area contributed by atoms with E-state index in [4.69, 9.17) is 35.2 Å². The molecule has 1 unspecified atom stereocenters. The molecule has 4 amide bonds. The zero-order valence-corrected chi connectivity index (χ0v) is 12.7. The summed E-state index contributed by atoms with van der Waals surface area (Å²) >= 11 is 17.7. The predicted molar refractivity (Wildman–Crippen MR) is 79.4 cm³/mol. The average molecular weight is 335 g/mol. The summed E-state index contributed by atoms with van der Waals surface area (Å²) in [5.74, 6) is 0. The minimum absolute atomic E-state index is 0.374. The number of hydrogen-bond donors (Lipinski definition) is 0. The lowest BCUT2D eigenvalue weighted by molar-refractivity contribution is 0.167. The average Bonchev–Trinajstić information content (AvgIpc) is 2.44. The van der Waals surface area contributed by atoms with Crippen LogP contribution in [0.3, 0.4) is 0 Å². The van der Waals surface area contributed by atoms with Crippen molar-refractivity contribution in [3.63, 3.8) is 0 Å². The van der Waals surface area contributed by atoms with Gasteiger partial charge in [-0.1, -0.05) is 36.4 Å². The first-order chi connectivity index (χ1) is 9.30. The molecule has 106 valence electrons. The number of hydrogen-bond acceptors (Lipinski definition) is 2. The van der Waals surface area contributed by atoms with Crippen LogP contribution in [0.1, 0.15) is 12.5 Å². The molecule has 1 aromatic carbocycles. The van der Waals surface area contributed by atoms with E-state index >= 15 is 0 Å². The Morgan fingerprint density at radius 2 is 1.70 bits per heavy atom.